The number of methoxy groups -OCH3 is 1. The topological polar surface area (TPSA) is 45.2 Å². The summed E-state index contributed by atoms with van der Waals surface area (Å²) in [6.07, 6.45) is 9.45. The van der Waals surface area contributed by atoms with Crippen molar-refractivity contribution < 1.29 is 14.6 Å². The number of β-amino-alcohol motifs (C(OH)–C–C–N with tert-alkyl or cyclic N) is 1. The predicted octanol–water partition coefficient (Wildman–Crippen LogP) is 4.01. The summed E-state index contributed by atoms with van der Waals surface area (Å²) >= 11 is 0. The van der Waals surface area contributed by atoms with Gasteiger partial charge in [-0.25, -0.2) is 0 Å². The molecule has 1 aliphatic heterocycles. The first-order valence-corrected chi connectivity index (χ1v) is 12.8. The zero-order chi connectivity index (χ0) is 22.6. The Labute approximate surface area is 198 Å². The standard InChI is InChI=1S/C28H38N2O3/c1-32-24-12-10-22(11-13-24)30-16-14-29(15-17-30)19-23(31)20-33-28-18-21-6-2-3-7-25(21)26-8-4-5-9-27(26)28/h10-13,18,23,31H,2-9,14-17,19-20H2,1H3/t23-/m0/s1. The molecule has 1 fully saturated rings. The molecule has 1 N–H and O–H groups in total. The van der Waals surface area contributed by atoms with Crippen LogP contribution in [0.15, 0.2) is 30.3 Å². The Morgan fingerprint density at radius 3 is 2.24 bits per heavy atom. The van der Waals surface area contributed by atoms with E-state index in [2.05, 4.69) is 28.0 Å². The van der Waals surface area contributed by atoms with Crippen molar-refractivity contribution in [1.82, 2.24) is 4.90 Å². The van der Waals surface area contributed by atoms with E-state index < -0.39 is 6.10 Å². The summed E-state index contributed by atoms with van der Waals surface area (Å²) in [6, 6.07) is 10.6. The molecule has 0 aromatic heterocycles. The van der Waals surface area contributed by atoms with Crippen molar-refractivity contribution in [3.8, 4) is 11.5 Å². The number of aliphatic hydroxyl groups excluding tert-OH is 1. The SMILES string of the molecule is COc1ccc(N2CCN(C[C@H](O)COc3cc4c(c5c3CCCC5)CCCC4)CC2)cc1. The van der Waals surface area contributed by atoms with E-state index >= 15 is 0 Å². The number of aliphatic hydroxyl groups is 1. The Morgan fingerprint density at radius 1 is 0.848 bits per heavy atom. The highest BCUT2D eigenvalue weighted by Crippen LogP contribution is 2.38. The van der Waals surface area contributed by atoms with Gasteiger partial charge in [-0.1, -0.05) is 0 Å². The fourth-order valence-corrected chi connectivity index (χ4v) is 5.84. The van der Waals surface area contributed by atoms with Gasteiger partial charge in [-0.2, -0.15) is 0 Å². The lowest BCUT2D eigenvalue weighted by Gasteiger charge is -2.37. The van der Waals surface area contributed by atoms with Gasteiger partial charge in [0.05, 0.1) is 7.11 Å². The molecule has 1 heterocycles. The van der Waals surface area contributed by atoms with Gasteiger partial charge in [-0.3, -0.25) is 4.90 Å². The largest absolute Gasteiger partial charge is 0.497 e. The molecule has 5 rings (SSSR count). The second-order valence-corrected chi connectivity index (χ2v) is 9.83. The summed E-state index contributed by atoms with van der Waals surface area (Å²) < 4.78 is 11.6. The first kappa shape index (κ1) is 22.5. The maximum atomic E-state index is 10.8. The Hall–Kier alpha value is -2.24. The fraction of sp³-hybridized carbons (Fsp3) is 0.571. The summed E-state index contributed by atoms with van der Waals surface area (Å²) in [7, 11) is 1.70. The first-order valence-electron chi connectivity index (χ1n) is 12.8. The van der Waals surface area contributed by atoms with Crippen LogP contribution < -0.4 is 14.4 Å². The van der Waals surface area contributed by atoms with Crippen molar-refractivity contribution in [3.05, 3.63) is 52.6 Å². The quantitative estimate of drug-likeness (QED) is 0.691. The highest BCUT2D eigenvalue weighted by atomic mass is 16.5. The molecular formula is C28H38N2O3. The van der Waals surface area contributed by atoms with Crippen LogP contribution in [0.3, 0.4) is 0 Å². The van der Waals surface area contributed by atoms with Crippen LogP contribution in [0.2, 0.25) is 0 Å². The summed E-state index contributed by atoms with van der Waals surface area (Å²) in [4.78, 5) is 4.76. The lowest BCUT2D eigenvalue weighted by molar-refractivity contribution is 0.0658. The van der Waals surface area contributed by atoms with Crippen molar-refractivity contribution in [1.29, 1.82) is 0 Å². The molecule has 5 heteroatoms. The average Bonchev–Trinajstić information content (AvgIpc) is 2.88. The number of nitrogens with zero attached hydrogens (tertiary/aromatic N) is 2. The minimum Gasteiger partial charge on any atom is -0.497 e. The number of ether oxygens (including phenoxy) is 2. The van der Waals surface area contributed by atoms with E-state index in [0.717, 1.165) is 44.1 Å². The number of hydrogen-bond donors (Lipinski definition) is 1. The third-order valence-corrected chi connectivity index (χ3v) is 7.66. The molecule has 0 unspecified atom stereocenters. The molecule has 1 saturated heterocycles. The Balaban J connectivity index is 1.14. The molecule has 0 saturated carbocycles. The molecule has 5 nitrogen and oxygen atoms in total. The van der Waals surface area contributed by atoms with Gasteiger partial charge in [-0.15, -0.1) is 0 Å². The van der Waals surface area contributed by atoms with Crippen molar-refractivity contribution in [3.63, 3.8) is 0 Å². The van der Waals surface area contributed by atoms with E-state index in [1.54, 1.807) is 18.2 Å². The van der Waals surface area contributed by atoms with Crippen LogP contribution in [-0.2, 0) is 25.7 Å². The molecule has 0 radical (unpaired) electrons. The Bertz CT molecular complexity index is 935. The van der Waals surface area contributed by atoms with E-state index in [4.69, 9.17) is 9.47 Å². The van der Waals surface area contributed by atoms with Crippen molar-refractivity contribution in [2.24, 2.45) is 0 Å². The van der Waals surface area contributed by atoms with Crippen LogP contribution >= 0.6 is 0 Å². The van der Waals surface area contributed by atoms with E-state index in [9.17, 15) is 5.11 Å². The predicted molar refractivity (Wildman–Crippen MR) is 133 cm³/mol. The normalized spacial score (nSPS) is 19.5. The highest BCUT2D eigenvalue weighted by Gasteiger charge is 2.24. The summed E-state index contributed by atoms with van der Waals surface area (Å²) in [5.74, 6) is 1.94. The molecule has 1 atom stereocenters. The number of aryl methyl sites for hydroxylation is 1. The van der Waals surface area contributed by atoms with Gasteiger partial charge in [0, 0.05) is 38.4 Å². The van der Waals surface area contributed by atoms with Crippen LogP contribution in [0.4, 0.5) is 5.69 Å². The van der Waals surface area contributed by atoms with Crippen LogP contribution in [0, 0.1) is 0 Å². The number of anilines is 1. The molecule has 178 valence electrons. The van der Waals surface area contributed by atoms with Gasteiger partial charge >= 0.3 is 0 Å². The number of hydrogen-bond acceptors (Lipinski definition) is 5. The first-order chi connectivity index (χ1) is 16.2. The Morgan fingerprint density at radius 2 is 1.52 bits per heavy atom. The number of piperazine rings is 1. The molecule has 2 aliphatic carbocycles. The van der Waals surface area contributed by atoms with Crippen LogP contribution in [0.5, 0.6) is 11.5 Å². The third-order valence-electron chi connectivity index (χ3n) is 7.66. The van der Waals surface area contributed by atoms with Gasteiger partial charge < -0.3 is 19.5 Å². The second-order valence-electron chi connectivity index (χ2n) is 9.83. The van der Waals surface area contributed by atoms with Crippen LogP contribution in [0.25, 0.3) is 0 Å². The lowest BCUT2D eigenvalue weighted by atomic mass is 9.80. The fourth-order valence-electron chi connectivity index (χ4n) is 5.84. The zero-order valence-corrected chi connectivity index (χ0v) is 20.0. The molecule has 2 aromatic rings. The number of rotatable bonds is 7. The lowest BCUT2D eigenvalue weighted by Crippen LogP contribution is -2.49. The second kappa shape index (κ2) is 10.4. The van der Waals surface area contributed by atoms with Crippen LogP contribution in [-0.4, -0.2) is 62.6 Å². The molecule has 0 spiro atoms. The molecule has 3 aliphatic rings. The monoisotopic (exact) mass is 450 g/mol. The number of benzene rings is 2. The van der Waals surface area contributed by atoms with Crippen molar-refractivity contribution >= 4 is 5.69 Å². The van der Waals surface area contributed by atoms with Gasteiger partial charge in [0.25, 0.3) is 0 Å². The minimum atomic E-state index is -0.465. The molecular weight excluding hydrogens is 412 g/mol. The Kier molecular flexibility index (Phi) is 7.07. The van der Waals surface area contributed by atoms with Crippen LogP contribution in [0.1, 0.15) is 47.9 Å². The minimum absolute atomic E-state index is 0.379. The molecule has 33 heavy (non-hydrogen) atoms. The van der Waals surface area contributed by atoms with E-state index in [1.165, 1.54) is 61.8 Å². The third kappa shape index (κ3) is 5.15. The van der Waals surface area contributed by atoms with E-state index in [-0.39, 0.29) is 0 Å². The van der Waals surface area contributed by atoms with E-state index in [0.29, 0.717) is 13.2 Å². The summed E-state index contributed by atoms with van der Waals surface area (Å²) in [5, 5.41) is 10.8. The number of fused-ring (bicyclic) bond motifs is 3. The average molecular weight is 451 g/mol. The van der Waals surface area contributed by atoms with Gasteiger partial charge in [0.15, 0.2) is 0 Å². The van der Waals surface area contributed by atoms with Gasteiger partial charge in [-0.05, 0) is 104 Å². The van der Waals surface area contributed by atoms with Crippen molar-refractivity contribution in [2.75, 3.05) is 51.3 Å². The van der Waals surface area contributed by atoms with Gasteiger partial charge in [0.2, 0.25) is 0 Å². The maximum absolute atomic E-state index is 10.8. The highest BCUT2D eigenvalue weighted by molar-refractivity contribution is 5.52. The summed E-state index contributed by atoms with van der Waals surface area (Å²) in [6.45, 7) is 4.90. The molecule has 2 aromatic carbocycles. The molecule has 0 amide bonds. The van der Waals surface area contributed by atoms with Crippen molar-refractivity contribution in [2.45, 2.75) is 57.5 Å². The smallest absolute Gasteiger partial charge is 0.123 e. The van der Waals surface area contributed by atoms with E-state index in [1.807, 2.05) is 12.1 Å². The molecule has 0 bridgehead atoms. The van der Waals surface area contributed by atoms with Gasteiger partial charge in [0.1, 0.15) is 24.2 Å². The zero-order valence-electron chi connectivity index (χ0n) is 20.0. The summed E-state index contributed by atoms with van der Waals surface area (Å²) in [5.41, 5.74) is 7.37. The maximum Gasteiger partial charge on any atom is 0.123 e.